The molecule has 0 fully saturated rings. The molecule has 1 aliphatic carbocycles. The number of para-hydroxylation sites is 1. The van der Waals surface area contributed by atoms with Gasteiger partial charge in [0, 0.05) is 11.5 Å². The van der Waals surface area contributed by atoms with Crippen LogP contribution in [0.1, 0.15) is 53.7 Å². The largest absolute Gasteiger partial charge is 0.490 e. The van der Waals surface area contributed by atoms with Gasteiger partial charge in [0.15, 0.2) is 0 Å². The van der Waals surface area contributed by atoms with Crippen LogP contribution in [0.4, 0.5) is 4.79 Å². The first-order chi connectivity index (χ1) is 20.5. The fourth-order valence-electron chi connectivity index (χ4n) is 5.81. The highest BCUT2D eigenvalue weighted by Gasteiger charge is 2.39. The van der Waals surface area contributed by atoms with E-state index in [0.29, 0.717) is 10.6 Å². The number of ether oxygens (including phenoxy) is 2. The Morgan fingerprint density at radius 2 is 1.36 bits per heavy atom. The second-order valence-corrected chi connectivity index (χ2v) is 10.2. The van der Waals surface area contributed by atoms with Gasteiger partial charge in [-0.3, -0.25) is 9.59 Å². The van der Waals surface area contributed by atoms with Gasteiger partial charge in [-0.15, -0.1) is 0 Å². The molecule has 7 rings (SSSR count). The van der Waals surface area contributed by atoms with Gasteiger partial charge >= 0.3 is 12.1 Å². The van der Waals surface area contributed by atoms with Crippen molar-refractivity contribution < 1.29 is 33.5 Å². The third-order valence-corrected chi connectivity index (χ3v) is 7.81. The molecule has 2 heterocycles. The van der Waals surface area contributed by atoms with Gasteiger partial charge in [-0.25, -0.2) is 9.59 Å². The lowest BCUT2D eigenvalue weighted by molar-refractivity contribution is -0.0586. The molecule has 0 N–H and O–H groups in total. The highest BCUT2D eigenvalue weighted by molar-refractivity contribution is 6.21. The molecule has 4 aromatic carbocycles. The predicted octanol–water partition coefficient (Wildman–Crippen LogP) is 5.20. The number of amides is 3. The van der Waals surface area contributed by atoms with Crippen LogP contribution in [-0.2, 0) is 16.1 Å². The lowest BCUT2D eigenvalue weighted by Crippen LogP contribution is -2.33. The molecule has 3 amide bonds. The molecule has 42 heavy (non-hydrogen) atoms. The topological polar surface area (TPSA) is 102 Å². The van der Waals surface area contributed by atoms with E-state index in [1.165, 1.54) is 23.1 Å². The Hall–Kier alpha value is -5.44. The molecule has 0 atom stereocenters. The van der Waals surface area contributed by atoms with Crippen LogP contribution >= 0.6 is 0 Å². The molecule has 0 aromatic heterocycles. The molecule has 0 spiro atoms. The van der Waals surface area contributed by atoms with Crippen LogP contribution in [0.2, 0.25) is 0 Å². The Morgan fingerprint density at radius 3 is 2.00 bits per heavy atom. The van der Waals surface area contributed by atoms with Crippen LogP contribution in [0.3, 0.4) is 0 Å². The molecule has 2 aliphatic heterocycles. The van der Waals surface area contributed by atoms with E-state index < -0.39 is 23.9 Å². The molecule has 4 aromatic rings. The van der Waals surface area contributed by atoms with E-state index in [0.717, 1.165) is 22.3 Å². The molecule has 9 heteroatoms. The number of carbonyl (C=O) groups excluding carboxylic acids is 4. The Morgan fingerprint density at radius 1 is 0.762 bits per heavy atom. The van der Waals surface area contributed by atoms with Crippen molar-refractivity contribution in [2.24, 2.45) is 0 Å². The SMILES string of the molecule is O=C(ON1C(=O)c2ccccc2C1=O)c1cccc2c1OCCN(C(=O)OCC1c3ccccc3-c3ccccc31)C2. The second kappa shape index (κ2) is 10.2. The minimum absolute atomic E-state index is 0.0402. The maximum Gasteiger partial charge on any atom is 0.410 e. The number of benzene rings is 4. The van der Waals surface area contributed by atoms with Gasteiger partial charge in [0.1, 0.15) is 24.5 Å². The average Bonchev–Trinajstić information content (AvgIpc) is 3.33. The van der Waals surface area contributed by atoms with Crippen LogP contribution in [-0.4, -0.2) is 53.6 Å². The third-order valence-electron chi connectivity index (χ3n) is 7.81. The minimum Gasteiger partial charge on any atom is -0.490 e. The summed E-state index contributed by atoms with van der Waals surface area (Å²) in [5.41, 5.74) is 5.47. The van der Waals surface area contributed by atoms with Crippen LogP contribution in [0.25, 0.3) is 11.1 Å². The smallest absolute Gasteiger partial charge is 0.410 e. The summed E-state index contributed by atoms with van der Waals surface area (Å²) in [7, 11) is 0. The first kappa shape index (κ1) is 25.5. The Balaban J connectivity index is 1.06. The summed E-state index contributed by atoms with van der Waals surface area (Å²) in [6, 6.07) is 27.4. The van der Waals surface area contributed by atoms with Crippen molar-refractivity contribution in [3.05, 3.63) is 124 Å². The average molecular weight is 561 g/mol. The Bertz CT molecular complexity index is 1700. The predicted molar refractivity (Wildman–Crippen MR) is 150 cm³/mol. The van der Waals surface area contributed by atoms with Gasteiger partial charge in [0.05, 0.1) is 24.2 Å². The van der Waals surface area contributed by atoms with Crippen LogP contribution in [0, 0.1) is 0 Å². The maximum absolute atomic E-state index is 13.2. The van der Waals surface area contributed by atoms with Crippen LogP contribution in [0.5, 0.6) is 5.75 Å². The molecule has 3 aliphatic rings. The standard InChI is InChI=1S/C33H24N2O7/c36-30-25-13-5-6-14-26(25)31(37)35(30)42-32(38)27-15-7-8-20-18-34(16-17-40-29(20)27)33(39)41-19-28-23-11-3-1-9-21(23)22-10-2-4-12-24(22)28/h1-15,28H,16-19H2. The van der Waals surface area contributed by atoms with E-state index in [-0.39, 0.29) is 54.7 Å². The fourth-order valence-corrected chi connectivity index (χ4v) is 5.81. The first-order valence-electron chi connectivity index (χ1n) is 13.6. The summed E-state index contributed by atoms with van der Waals surface area (Å²) >= 11 is 0. The number of rotatable bonds is 4. The van der Waals surface area contributed by atoms with E-state index in [1.54, 1.807) is 24.3 Å². The maximum atomic E-state index is 13.2. The van der Waals surface area contributed by atoms with Crippen molar-refractivity contribution in [2.75, 3.05) is 19.8 Å². The minimum atomic E-state index is -0.920. The summed E-state index contributed by atoms with van der Waals surface area (Å²) in [5, 5.41) is 0.464. The third kappa shape index (κ3) is 4.17. The first-order valence-corrected chi connectivity index (χ1v) is 13.6. The van der Waals surface area contributed by atoms with E-state index in [9.17, 15) is 19.2 Å². The molecule has 0 bridgehead atoms. The number of imide groups is 1. The van der Waals surface area contributed by atoms with Crippen molar-refractivity contribution in [3.8, 4) is 16.9 Å². The fraction of sp³-hybridized carbons (Fsp3) is 0.152. The van der Waals surface area contributed by atoms with E-state index in [4.69, 9.17) is 14.3 Å². The number of hydrogen-bond acceptors (Lipinski definition) is 7. The summed E-state index contributed by atoms with van der Waals surface area (Å²) < 4.78 is 11.7. The van der Waals surface area contributed by atoms with E-state index in [2.05, 4.69) is 24.3 Å². The summed E-state index contributed by atoms with van der Waals surface area (Å²) in [4.78, 5) is 58.5. The second-order valence-electron chi connectivity index (χ2n) is 10.2. The quantitative estimate of drug-likeness (QED) is 0.316. The lowest BCUT2D eigenvalue weighted by atomic mass is 9.98. The molecule has 208 valence electrons. The van der Waals surface area contributed by atoms with E-state index in [1.807, 2.05) is 24.3 Å². The molecular weight excluding hydrogens is 536 g/mol. The van der Waals surface area contributed by atoms with Crippen molar-refractivity contribution >= 4 is 23.9 Å². The number of fused-ring (bicyclic) bond motifs is 5. The van der Waals surface area contributed by atoms with Crippen LogP contribution < -0.4 is 4.74 Å². The zero-order chi connectivity index (χ0) is 28.8. The number of hydroxylamine groups is 2. The van der Waals surface area contributed by atoms with Gasteiger partial charge in [-0.2, -0.15) is 0 Å². The molecule has 0 saturated carbocycles. The zero-order valence-electron chi connectivity index (χ0n) is 22.3. The van der Waals surface area contributed by atoms with Crippen LogP contribution in [0.15, 0.2) is 91.0 Å². The molecule has 9 nitrogen and oxygen atoms in total. The number of carbonyl (C=O) groups is 4. The summed E-state index contributed by atoms with van der Waals surface area (Å²) in [6.07, 6.45) is -0.493. The van der Waals surface area contributed by atoms with E-state index >= 15 is 0 Å². The highest BCUT2D eigenvalue weighted by Crippen LogP contribution is 2.44. The van der Waals surface area contributed by atoms with Crippen molar-refractivity contribution in [3.63, 3.8) is 0 Å². The summed E-state index contributed by atoms with van der Waals surface area (Å²) in [6.45, 7) is 0.663. The van der Waals surface area contributed by atoms with Crippen molar-refractivity contribution in [1.29, 1.82) is 0 Å². The van der Waals surface area contributed by atoms with Crippen molar-refractivity contribution in [1.82, 2.24) is 9.96 Å². The highest BCUT2D eigenvalue weighted by atomic mass is 16.7. The van der Waals surface area contributed by atoms with Crippen molar-refractivity contribution in [2.45, 2.75) is 12.5 Å². The molecule has 0 saturated heterocycles. The molecule has 0 unspecified atom stereocenters. The number of hydrogen-bond donors (Lipinski definition) is 0. The Kier molecular flexibility index (Phi) is 6.19. The zero-order valence-corrected chi connectivity index (χ0v) is 22.3. The van der Waals surface area contributed by atoms with Gasteiger partial charge in [0.25, 0.3) is 11.8 Å². The lowest BCUT2D eigenvalue weighted by Gasteiger charge is -2.21. The summed E-state index contributed by atoms with van der Waals surface area (Å²) in [5.74, 6) is -2.19. The molecular formula is C33H24N2O7. The van der Waals surface area contributed by atoms with Gasteiger partial charge < -0.3 is 19.2 Å². The monoisotopic (exact) mass is 560 g/mol. The van der Waals surface area contributed by atoms with Gasteiger partial charge in [0.2, 0.25) is 0 Å². The Labute approximate surface area is 240 Å². The van der Waals surface area contributed by atoms with Gasteiger partial charge in [-0.05, 0) is 40.5 Å². The van der Waals surface area contributed by atoms with Gasteiger partial charge in [-0.1, -0.05) is 77.9 Å². The molecule has 0 radical (unpaired) electrons. The normalized spacial score (nSPS) is 15.2. The number of nitrogens with zero attached hydrogens (tertiary/aromatic N) is 2.